The van der Waals surface area contributed by atoms with E-state index in [-0.39, 0.29) is 22.3 Å². The van der Waals surface area contributed by atoms with Crippen LogP contribution in [0.3, 0.4) is 0 Å². The van der Waals surface area contributed by atoms with Gasteiger partial charge in [0.2, 0.25) is 0 Å². The zero-order valence-corrected chi connectivity index (χ0v) is 19.8. The number of fused-ring (bicyclic) bond motifs is 2. The first-order valence-corrected chi connectivity index (χ1v) is 11.4. The molecule has 1 atom stereocenters. The minimum Gasteiger partial charge on any atom is -0.376 e. The van der Waals surface area contributed by atoms with E-state index >= 15 is 0 Å². The fourth-order valence-electron chi connectivity index (χ4n) is 4.11. The third-order valence-electron chi connectivity index (χ3n) is 6.01. The molecule has 35 heavy (non-hydrogen) atoms. The summed E-state index contributed by atoms with van der Waals surface area (Å²) in [5, 5.41) is 19.4. The predicted octanol–water partition coefficient (Wildman–Crippen LogP) is 5.92. The van der Waals surface area contributed by atoms with E-state index in [0.29, 0.717) is 11.4 Å². The maximum atomic E-state index is 12.7. The van der Waals surface area contributed by atoms with Crippen molar-refractivity contribution in [3.05, 3.63) is 99.8 Å². The summed E-state index contributed by atoms with van der Waals surface area (Å²) in [6.07, 6.45) is 3.40. The Labute approximate surface area is 206 Å². The van der Waals surface area contributed by atoms with Gasteiger partial charge in [-0.05, 0) is 42.6 Å². The van der Waals surface area contributed by atoms with E-state index in [1.54, 1.807) is 29.9 Å². The van der Waals surface area contributed by atoms with Crippen LogP contribution in [-0.4, -0.2) is 14.5 Å². The molecule has 172 valence electrons. The third kappa shape index (κ3) is 4.27. The van der Waals surface area contributed by atoms with Crippen LogP contribution in [-0.2, 0) is 7.05 Å². The molecule has 0 radical (unpaired) electrons. The highest BCUT2D eigenvalue weighted by Gasteiger charge is 2.14. The molecular weight excluding hydrogens is 460 g/mol. The van der Waals surface area contributed by atoms with Gasteiger partial charge in [0, 0.05) is 47.7 Å². The van der Waals surface area contributed by atoms with E-state index in [0.717, 1.165) is 33.1 Å². The van der Waals surface area contributed by atoms with Gasteiger partial charge in [-0.2, -0.15) is 5.26 Å². The molecule has 3 aromatic heterocycles. The zero-order valence-electron chi connectivity index (χ0n) is 19.1. The third-order valence-corrected chi connectivity index (χ3v) is 6.30. The summed E-state index contributed by atoms with van der Waals surface area (Å²) >= 11 is 6.08. The lowest BCUT2D eigenvalue weighted by atomic mass is 10.1. The van der Waals surface area contributed by atoms with Gasteiger partial charge in [0.15, 0.2) is 0 Å². The number of nitriles is 1. The molecule has 5 aromatic rings. The standard InChI is InChI=1S/C27H21ClN6O/c1-16(23-11-17-5-3-4-6-18(17)15-31-23)32-24-13-26(35)34(2)25-8-7-19(12-20(24)25)33-22-9-10-30-27(28)21(22)14-29/h3-13,15-16,32H,1-2H3,(H,30,33). The molecule has 2 aromatic carbocycles. The topological polar surface area (TPSA) is 95.6 Å². The van der Waals surface area contributed by atoms with E-state index in [9.17, 15) is 10.1 Å². The summed E-state index contributed by atoms with van der Waals surface area (Å²) in [5.41, 5.74) is 3.79. The van der Waals surface area contributed by atoms with Crippen molar-refractivity contribution in [1.29, 1.82) is 5.26 Å². The Hall–Kier alpha value is -4.41. The van der Waals surface area contributed by atoms with Crippen LogP contribution in [0.4, 0.5) is 17.1 Å². The number of aromatic nitrogens is 3. The summed E-state index contributed by atoms with van der Waals surface area (Å²) < 4.78 is 1.60. The SMILES string of the molecule is CC(Nc1cc(=O)n(C)c2ccc(Nc3ccnc(Cl)c3C#N)cc12)c1cc2ccccc2cn1. The second kappa shape index (κ2) is 9.09. The Kier molecular flexibility index (Phi) is 5.81. The number of rotatable bonds is 5. The minimum atomic E-state index is -0.143. The van der Waals surface area contributed by atoms with E-state index in [4.69, 9.17) is 11.6 Å². The van der Waals surface area contributed by atoms with Crippen molar-refractivity contribution in [2.24, 2.45) is 7.05 Å². The number of nitrogens with zero attached hydrogens (tertiary/aromatic N) is 4. The number of hydrogen-bond acceptors (Lipinski definition) is 6. The van der Waals surface area contributed by atoms with Gasteiger partial charge in [-0.1, -0.05) is 35.9 Å². The van der Waals surface area contributed by atoms with Crippen LogP contribution < -0.4 is 16.2 Å². The highest BCUT2D eigenvalue weighted by atomic mass is 35.5. The smallest absolute Gasteiger partial charge is 0.252 e. The molecule has 8 heteroatoms. The van der Waals surface area contributed by atoms with Crippen LogP contribution in [0.25, 0.3) is 21.7 Å². The average molecular weight is 481 g/mol. The lowest BCUT2D eigenvalue weighted by Gasteiger charge is -2.19. The quantitative estimate of drug-likeness (QED) is 0.303. The second-order valence-electron chi connectivity index (χ2n) is 8.27. The monoisotopic (exact) mass is 480 g/mol. The van der Waals surface area contributed by atoms with Crippen molar-refractivity contribution in [3.63, 3.8) is 0 Å². The molecule has 0 bridgehead atoms. The number of anilines is 3. The van der Waals surface area contributed by atoms with Crippen LogP contribution >= 0.6 is 11.6 Å². The Morgan fingerprint density at radius 1 is 1.03 bits per heavy atom. The number of pyridine rings is 3. The van der Waals surface area contributed by atoms with Gasteiger partial charge in [0.1, 0.15) is 16.8 Å². The van der Waals surface area contributed by atoms with Gasteiger partial charge in [-0.3, -0.25) is 9.78 Å². The Balaban J connectivity index is 1.54. The Bertz CT molecular complexity index is 1690. The van der Waals surface area contributed by atoms with Crippen molar-refractivity contribution in [3.8, 4) is 6.07 Å². The average Bonchev–Trinajstić information content (AvgIpc) is 2.87. The van der Waals surface area contributed by atoms with E-state index < -0.39 is 0 Å². The van der Waals surface area contributed by atoms with E-state index in [1.165, 1.54) is 0 Å². The van der Waals surface area contributed by atoms with Crippen LogP contribution in [0, 0.1) is 11.3 Å². The fraction of sp³-hybridized carbons (Fsp3) is 0.111. The van der Waals surface area contributed by atoms with Gasteiger partial charge < -0.3 is 15.2 Å². The molecule has 0 saturated carbocycles. The highest BCUT2D eigenvalue weighted by Crippen LogP contribution is 2.31. The van der Waals surface area contributed by atoms with Crippen LogP contribution in [0.15, 0.2) is 77.9 Å². The Morgan fingerprint density at radius 3 is 2.63 bits per heavy atom. The molecule has 0 fully saturated rings. The molecule has 0 aliphatic rings. The van der Waals surface area contributed by atoms with Gasteiger partial charge in [0.25, 0.3) is 5.56 Å². The van der Waals surface area contributed by atoms with Crippen LogP contribution in [0.1, 0.15) is 24.2 Å². The normalized spacial score (nSPS) is 11.8. The predicted molar refractivity (Wildman–Crippen MR) is 140 cm³/mol. The first kappa shape index (κ1) is 22.4. The molecule has 0 aliphatic heterocycles. The first-order valence-electron chi connectivity index (χ1n) is 11.0. The van der Waals surface area contributed by atoms with Crippen molar-refractivity contribution >= 4 is 50.3 Å². The van der Waals surface area contributed by atoms with Crippen LogP contribution in [0.2, 0.25) is 5.15 Å². The summed E-state index contributed by atoms with van der Waals surface area (Å²) in [5.74, 6) is 0. The number of benzene rings is 2. The lowest BCUT2D eigenvalue weighted by Crippen LogP contribution is -2.18. The summed E-state index contributed by atoms with van der Waals surface area (Å²) in [7, 11) is 1.74. The number of hydrogen-bond donors (Lipinski definition) is 2. The van der Waals surface area contributed by atoms with Crippen LogP contribution in [0.5, 0.6) is 0 Å². The van der Waals surface area contributed by atoms with Crippen molar-refractivity contribution in [1.82, 2.24) is 14.5 Å². The fourth-order valence-corrected chi connectivity index (χ4v) is 4.31. The summed E-state index contributed by atoms with van der Waals surface area (Å²) in [6.45, 7) is 2.01. The molecule has 0 spiro atoms. The molecule has 2 N–H and O–H groups in total. The number of aryl methyl sites for hydroxylation is 1. The molecule has 1 unspecified atom stereocenters. The lowest BCUT2D eigenvalue weighted by molar-refractivity contribution is 0.840. The maximum Gasteiger partial charge on any atom is 0.252 e. The molecule has 0 saturated heterocycles. The highest BCUT2D eigenvalue weighted by molar-refractivity contribution is 6.31. The van der Waals surface area contributed by atoms with Gasteiger partial charge in [-0.15, -0.1) is 0 Å². The van der Waals surface area contributed by atoms with Crippen molar-refractivity contribution in [2.45, 2.75) is 13.0 Å². The first-order chi connectivity index (χ1) is 16.9. The van der Waals surface area contributed by atoms with Crippen molar-refractivity contribution in [2.75, 3.05) is 10.6 Å². The molecule has 5 rings (SSSR count). The largest absolute Gasteiger partial charge is 0.376 e. The van der Waals surface area contributed by atoms with Gasteiger partial charge >= 0.3 is 0 Å². The maximum absolute atomic E-state index is 12.7. The molecule has 0 aliphatic carbocycles. The zero-order chi connectivity index (χ0) is 24.5. The molecule has 3 heterocycles. The molecular formula is C27H21ClN6O. The van der Waals surface area contributed by atoms with Gasteiger partial charge in [0.05, 0.1) is 22.9 Å². The minimum absolute atomic E-state index is 0.118. The van der Waals surface area contributed by atoms with E-state index in [1.807, 2.05) is 49.5 Å². The van der Waals surface area contributed by atoms with Gasteiger partial charge in [-0.25, -0.2) is 4.98 Å². The van der Waals surface area contributed by atoms with Crippen molar-refractivity contribution < 1.29 is 0 Å². The summed E-state index contributed by atoms with van der Waals surface area (Å²) in [6, 6.07) is 21.0. The number of halogens is 1. The Morgan fingerprint density at radius 2 is 1.83 bits per heavy atom. The van der Waals surface area contributed by atoms with E-state index in [2.05, 4.69) is 38.8 Å². The molecule has 7 nitrogen and oxygen atoms in total. The molecule has 0 amide bonds. The summed E-state index contributed by atoms with van der Waals surface area (Å²) in [4.78, 5) is 21.3. The number of nitrogens with one attached hydrogen (secondary N) is 2. The second-order valence-corrected chi connectivity index (χ2v) is 8.63.